The van der Waals surface area contributed by atoms with Crippen molar-refractivity contribution in [2.45, 2.75) is 25.4 Å². The second-order valence-electron chi connectivity index (χ2n) is 3.61. The van der Waals surface area contributed by atoms with Crippen molar-refractivity contribution < 1.29 is 18.0 Å². The number of hydrogen-bond acceptors (Lipinski definition) is 2. The minimum absolute atomic E-state index is 0.0567. The van der Waals surface area contributed by atoms with Crippen molar-refractivity contribution in [3.05, 3.63) is 17.0 Å². The number of carbonyl (C=O) groups excluding carboxylic acids is 1. The minimum Gasteiger partial charge on any atom is -0.299 e. The van der Waals surface area contributed by atoms with Crippen molar-refractivity contribution in [2.75, 3.05) is 0 Å². The molecule has 0 aromatic carbocycles. The molecule has 1 aromatic heterocycles. The maximum Gasteiger partial charge on any atom is 0.435 e. The van der Waals surface area contributed by atoms with Crippen LogP contribution in [0.4, 0.5) is 13.2 Å². The van der Waals surface area contributed by atoms with Gasteiger partial charge in [0.15, 0.2) is 5.69 Å². The maximum atomic E-state index is 12.5. The molecule has 1 aromatic rings. The van der Waals surface area contributed by atoms with E-state index in [1.807, 2.05) is 0 Å². The third-order valence-corrected chi connectivity index (χ3v) is 2.56. The van der Waals surface area contributed by atoms with Crippen molar-refractivity contribution in [1.82, 2.24) is 9.78 Å². The van der Waals surface area contributed by atoms with E-state index in [0.717, 1.165) is 0 Å². The summed E-state index contributed by atoms with van der Waals surface area (Å²) in [5.74, 6) is -0.152. The van der Waals surface area contributed by atoms with Crippen molar-refractivity contribution in [3.8, 4) is 0 Å². The molecule has 3 nitrogen and oxygen atoms in total. The van der Waals surface area contributed by atoms with Gasteiger partial charge in [-0.15, -0.1) is 0 Å². The standard InChI is InChI=1S/C9H9F3N2O/c1-14-7-3-2-5(15)4-6(7)8(13-14)9(10,11)12/h2-4H2,1H3. The summed E-state index contributed by atoms with van der Waals surface area (Å²) in [5.41, 5.74) is -0.323. The number of Topliss-reactive ketones (excluding diaryl/α,β-unsaturated/α-hetero) is 1. The summed E-state index contributed by atoms with van der Waals surface area (Å²) in [4.78, 5) is 11.1. The molecular weight excluding hydrogens is 209 g/mol. The number of aromatic nitrogens is 2. The second kappa shape index (κ2) is 3.08. The van der Waals surface area contributed by atoms with E-state index >= 15 is 0 Å². The fourth-order valence-electron chi connectivity index (χ4n) is 1.87. The number of ketones is 1. The van der Waals surface area contributed by atoms with Crippen LogP contribution in [0.2, 0.25) is 0 Å². The van der Waals surface area contributed by atoms with Crippen molar-refractivity contribution in [2.24, 2.45) is 7.05 Å². The van der Waals surface area contributed by atoms with E-state index in [1.165, 1.54) is 11.7 Å². The SMILES string of the molecule is Cn1nc(C(F)(F)F)c2c1CCC(=O)C2. The fraction of sp³-hybridized carbons (Fsp3) is 0.556. The molecule has 0 unspecified atom stereocenters. The lowest BCUT2D eigenvalue weighted by molar-refractivity contribution is -0.142. The molecule has 0 radical (unpaired) electrons. The van der Waals surface area contributed by atoms with Crippen LogP contribution in [0.1, 0.15) is 23.4 Å². The van der Waals surface area contributed by atoms with Crippen LogP contribution in [-0.2, 0) is 30.9 Å². The van der Waals surface area contributed by atoms with Crippen LogP contribution in [0.15, 0.2) is 0 Å². The first-order valence-corrected chi connectivity index (χ1v) is 4.53. The zero-order valence-electron chi connectivity index (χ0n) is 8.06. The normalized spacial score (nSPS) is 16.7. The summed E-state index contributed by atoms with van der Waals surface area (Å²) < 4.78 is 38.8. The highest BCUT2D eigenvalue weighted by molar-refractivity contribution is 5.83. The van der Waals surface area contributed by atoms with Crippen LogP contribution in [0, 0.1) is 0 Å². The van der Waals surface area contributed by atoms with Crippen molar-refractivity contribution >= 4 is 5.78 Å². The number of aryl methyl sites for hydroxylation is 1. The largest absolute Gasteiger partial charge is 0.435 e. The van der Waals surface area contributed by atoms with Crippen molar-refractivity contribution in [1.29, 1.82) is 0 Å². The van der Waals surface area contributed by atoms with Crippen LogP contribution < -0.4 is 0 Å². The average molecular weight is 218 g/mol. The van der Waals surface area contributed by atoms with Gasteiger partial charge in [0.25, 0.3) is 0 Å². The van der Waals surface area contributed by atoms with Gasteiger partial charge in [0, 0.05) is 31.1 Å². The monoisotopic (exact) mass is 218 g/mol. The number of hydrogen-bond donors (Lipinski definition) is 0. The van der Waals surface area contributed by atoms with Crippen molar-refractivity contribution in [3.63, 3.8) is 0 Å². The maximum absolute atomic E-state index is 12.5. The predicted octanol–water partition coefficient (Wildman–Crippen LogP) is 1.50. The molecule has 1 aliphatic carbocycles. The number of fused-ring (bicyclic) bond motifs is 1. The number of nitrogens with zero attached hydrogens (tertiary/aromatic N) is 2. The summed E-state index contributed by atoms with van der Waals surface area (Å²) in [6.45, 7) is 0. The summed E-state index contributed by atoms with van der Waals surface area (Å²) in [6, 6.07) is 0. The quantitative estimate of drug-likeness (QED) is 0.661. The van der Waals surface area contributed by atoms with Gasteiger partial charge in [-0.1, -0.05) is 0 Å². The fourth-order valence-corrected chi connectivity index (χ4v) is 1.87. The van der Waals surface area contributed by atoms with Crippen LogP contribution >= 0.6 is 0 Å². The Balaban J connectivity index is 2.55. The molecule has 15 heavy (non-hydrogen) atoms. The molecule has 2 rings (SSSR count). The second-order valence-corrected chi connectivity index (χ2v) is 3.61. The summed E-state index contributed by atoms with van der Waals surface area (Å²) in [7, 11) is 1.48. The number of rotatable bonds is 0. The molecule has 1 aliphatic rings. The van der Waals surface area contributed by atoms with E-state index in [9.17, 15) is 18.0 Å². The Hall–Kier alpha value is -1.33. The van der Waals surface area contributed by atoms with Gasteiger partial charge in [-0.2, -0.15) is 18.3 Å². The molecule has 0 atom stereocenters. The van der Waals surface area contributed by atoms with Gasteiger partial charge >= 0.3 is 6.18 Å². The Labute approximate surface area is 83.9 Å². The molecule has 0 saturated heterocycles. The Morgan fingerprint density at radius 2 is 2.00 bits per heavy atom. The van der Waals surface area contributed by atoms with Gasteiger partial charge in [0.05, 0.1) is 0 Å². The first-order chi connectivity index (χ1) is 6.89. The molecule has 0 spiro atoms. The summed E-state index contributed by atoms with van der Waals surface area (Å²) in [5, 5.41) is 3.44. The molecular formula is C9H9F3N2O. The molecule has 0 aliphatic heterocycles. The van der Waals surface area contributed by atoms with Gasteiger partial charge in [-0.05, 0) is 6.42 Å². The van der Waals surface area contributed by atoms with E-state index in [1.54, 1.807) is 0 Å². The molecule has 0 N–H and O–H groups in total. The van der Waals surface area contributed by atoms with Crippen LogP contribution in [0.5, 0.6) is 0 Å². The average Bonchev–Trinajstić information content (AvgIpc) is 2.42. The molecule has 6 heteroatoms. The van der Waals surface area contributed by atoms with Gasteiger partial charge in [-0.3, -0.25) is 9.48 Å². The Kier molecular flexibility index (Phi) is 2.09. The molecule has 0 amide bonds. The third kappa shape index (κ3) is 1.64. The van der Waals surface area contributed by atoms with E-state index in [-0.39, 0.29) is 17.8 Å². The molecule has 0 bridgehead atoms. The zero-order chi connectivity index (χ0) is 11.2. The van der Waals surface area contributed by atoms with E-state index < -0.39 is 11.9 Å². The third-order valence-electron chi connectivity index (χ3n) is 2.56. The lowest BCUT2D eigenvalue weighted by atomic mass is 9.94. The first kappa shape index (κ1) is 10.2. The van der Waals surface area contributed by atoms with Gasteiger partial charge < -0.3 is 0 Å². The number of halogens is 3. The van der Waals surface area contributed by atoms with Gasteiger partial charge in [0.1, 0.15) is 5.78 Å². The van der Waals surface area contributed by atoms with E-state index in [0.29, 0.717) is 18.5 Å². The summed E-state index contributed by atoms with van der Waals surface area (Å²) in [6.07, 6.45) is -3.95. The smallest absolute Gasteiger partial charge is 0.299 e. The van der Waals surface area contributed by atoms with E-state index in [2.05, 4.69) is 5.10 Å². The Bertz CT molecular complexity index is 420. The molecule has 0 fully saturated rings. The number of alkyl halides is 3. The Morgan fingerprint density at radius 3 is 2.60 bits per heavy atom. The van der Waals surface area contributed by atoms with E-state index in [4.69, 9.17) is 0 Å². The van der Waals surface area contributed by atoms with Crippen LogP contribution in [0.3, 0.4) is 0 Å². The lowest BCUT2D eigenvalue weighted by Crippen LogP contribution is -2.17. The zero-order valence-corrected chi connectivity index (χ0v) is 8.06. The predicted molar refractivity (Wildman–Crippen MR) is 45.2 cm³/mol. The first-order valence-electron chi connectivity index (χ1n) is 4.53. The molecule has 0 saturated carbocycles. The van der Waals surface area contributed by atoms with Gasteiger partial charge in [0.2, 0.25) is 0 Å². The minimum atomic E-state index is -4.47. The molecule has 82 valence electrons. The lowest BCUT2D eigenvalue weighted by Gasteiger charge is -2.12. The van der Waals surface area contributed by atoms with Crippen LogP contribution in [0.25, 0.3) is 0 Å². The molecule has 1 heterocycles. The highest BCUT2D eigenvalue weighted by Gasteiger charge is 2.40. The van der Waals surface area contributed by atoms with Crippen LogP contribution in [-0.4, -0.2) is 15.6 Å². The highest BCUT2D eigenvalue weighted by atomic mass is 19.4. The van der Waals surface area contributed by atoms with Gasteiger partial charge in [-0.25, -0.2) is 0 Å². The highest BCUT2D eigenvalue weighted by Crippen LogP contribution is 2.34. The number of carbonyl (C=O) groups is 1. The summed E-state index contributed by atoms with van der Waals surface area (Å²) >= 11 is 0. The Morgan fingerprint density at radius 1 is 1.33 bits per heavy atom. The topological polar surface area (TPSA) is 34.9 Å².